The zero-order valence-electron chi connectivity index (χ0n) is 14.9. The normalized spacial score (nSPS) is 12.4. The molecule has 1 amide bonds. The van der Waals surface area contributed by atoms with Gasteiger partial charge in [0.15, 0.2) is 0 Å². The van der Waals surface area contributed by atoms with Gasteiger partial charge < -0.3 is 0 Å². The molecule has 1 atom stereocenters. The lowest BCUT2D eigenvalue weighted by Gasteiger charge is -2.04. The van der Waals surface area contributed by atoms with E-state index in [1.165, 1.54) is 12.5 Å². The van der Waals surface area contributed by atoms with Crippen molar-refractivity contribution in [1.29, 1.82) is 0 Å². The number of aromatic nitrogens is 2. The number of nitrogens with zero attached hydrogens (tertiary/aromatic N) is 3. The highest BCUT2D eigenvalue weighted by Gasteiger charge is 2.12. The molecular weight excluding hydrogens is 358 g/mol. The van der Waals surface area contributed by atoms with Crippen LogP contribution in [0.4, 0.5) is 0 Å². The monoisotopic (exact) mass is 375 g/mol. The number of carbonyl (C=O) groups excluding carboxylic acids is 1. The highest BCUT2D eigenvalue weighted by molar-refractivity contribution is 7.93. The van der Waals surface area contributed by atoms with Gasteiger partial charge in [-0.1, -0.05) is 29.5 Å². The van der Waals surface area contributed by atoms with Crippen LogP contribution in [0.5, 0.6) is 0 Å². The van der Waals surface area contributed by atoms with Crippen molar-refractivity contribution in [3.8, 4) is 11.8 Å². The second-order valence-electron chi connectivity index (χ2n) is 5.97. The van der Waals surface area contributed by atoms with E-state index in [0.717, 1.165) is 11.1 Å². The van der Waals surface area contributed by atoms with Gasteiger partial charge in [0.05, 0.1) is 15.3 Å². The van der Waals surface area contributed by atoms with E-state index in [1.54, 1.807) is 42.9 Å². The summed E-state index contributed by atoms with van der Waals surface area (Å²) in [5, 5.41) is 0. The molecule has 0 aliphatic carbocycles. The van der Waals surface area contributed by atoms with Gasteiger partial charge in [-0.05, 0) is 37.3 Å². The van der Waals surface area contributed by atoms with E-state index in [9.17, 15) is 9.00 Å². The first-order valence-corrected chi connectivity index (χ1v) is 10.1. The second kappa shape index (κ2) is 7.94. The first-order valence-electron chi connectivity index (χ1n) is 8.14. The lowest BCUT2D eigenvalue weighted by molar-refractivity contribution is 0.100. The Hall–Kier alpha value is -3.30. The summed E-state index contributed by atoms with van der Waals surface area (Å²) in [5.74, 6) is 5.31. The number of carbonyl (C=O) groups is 1. The lowest BCUT2D eigenvalue weighted by Crippen LogP contribution is -2.04. The van der Waals surface area contributed by atoms with E-state index in [2.05, 4.69) is 26.2 Å². The van der Waals surface area contributed by atoms with Crippen LogP contribution in [0.1, 0.15) is 27.0 Å². The molecule has 27 heavy (non-hydrogen) atoms. The summed E-state index contributed by atoms with van der Waals surface area (Å²) in [7, 11) is -2.84. The predicted octanol–water partition coefficient (Wildman–Crippen LogP) is 3.48. The Bertz CT molecular complexity index is 1150. The van der Waals surface area contributed by atoms with E-state index in [-0.39, 0.29) is 5.56 Å². The number of hydrogen-bond acceptors (Lipinski definition) is 4. The number of hydrogen-bond donors (Lipinski definition) is 0. The fraction of sp³-hybridized carbons (Fsp3) is 0.0952. The molecule has 0 fully saturated rings. The summed E-state index contributed by atoms with van der Waals surface area (Å²) in [6.07, 6.45) is 7.73. The molecule has 0 spiro atoms. The molecule has 3 aromatic rings. The molecule has 1 unspecified atom stereocenters. The number of rotatable bonds is 2. The minimum atomic E-state index is -2.84. The average Bonchev–Trinajstić information content (AvgIpc) is 2.67. The molecule has 0 radical (unpaired) electrons. The molecule has 6 heteroatoms. The molecule has 2 aromatic heterocycles. The fourth-order valence-electron chi connectivity index (χ4n) is 2.26. The Morgan fingerprint density at radius 2 is 1.70 bits per heavy atom. The highest BCUT2D eigenvalue weighted by Crippen LogP contribution is 2.14. The van der Waals surface area contributed by atoms with Gasteiger partial charge in [-0.2, -0.15) is 4.36 Å². The third kappa shape index (κ3) is 4.87. The molecule has 3 rings (SSSR count). The number of aryl methyl sites for hydroxylation is 1. The van der Waals surface area contributed by atoms with Crippen LogP contribution in [0.3, 0.4) is 0 Å². The summed E-state index contributed by atoms with van der Waals surface area (Å²) in [5.41, 5.74) is 2.62. The standard InChI is InChI=1S/C21H17N3O2S/c1-16-5-9-20(10-6-16)27(2,26)24-21(25)19-12-18(14-23-15-19)8-7-17-4-3-11-22-13-17/h3-6,9-15H,1-2H3. The van der Waals surface area contributed by atoms with Crippen LogP contribution in [0.25, 0.3) is 0 Å². The van der Waals surface area contributed by atoms with Crippen molar-refractivity contribution in [1.82, 2.24) is 9.97 Å². The minimum Gasteiger partial charge on any atom is -0.266 e. The van der Waals surface area contributed by atoms with Crippen molar-refractivity contribution >= 4 is 15.6 Å². The van der Waals surface area contributed by atoms with Crippen LogP contribution in [0.15, 0.2) is 76.5 Å². The Morgan fingerprint density at radius 1 is 1.00 bits per heavy atom. The van der Waals surface area contributed by atoms with Gasteiger partial charge >= 0.3 is 0 Å². The van der Waals surface area contributed by atoms with Gasteiger partial charge in [0.2, 0.25) is 0 Å². The first kappa shape index (κ1) is 18.5. The molecule has 0 saturated heterocycles. The maximum absolute atomic E-state index is 12.8. The average molecular weight is 375 g/mol. The summed E-state index contributed by atoms with van der Waals surface area (Å²) >= 11 is 0. The maximum Gasteiger partial charge on any atom is 0.286 e. The van der Waals surface area contributed by atoms with Crippen LogP contribution in [0.2, 0.25) is 0 Å². The zero-order valence-corrected chi connectivity index (χ0v) is 15.7. The maximum atomic E-state index is 12.8. The second-order valence-corrected chi connectivity index (χ2v) is 8.23. The number of amides is 1. The van der Waals surface area contributed by atoms with Gasteiger partial charge in [0.25, 0.3) is 5.91 Å². The van der Waals surface area contributed by atoms with Gasteiger partial charge in [-0.15, -0.1) is 0 Å². The van der Waals surface area contributed by atoms with Crippen molar-refractivity contribution in [3.63, 3.8) is 0 Å². The van der Waals surface area contributed by atoms with Crippen molar-refractivity contribution in [2.45, 2.75) is 11.8 Å². The molecule has 1 aromatic carbocycles. The molecule has 5 nitrogen and oxygen atoms in total. The molecule has 2 heterocycles. The van der Waals surface area contributed by atoms with E-state index < -0.39 is 15.6 Å². The quantitative estimate of drug-likeness (QED) is 0.643. The minimum absolute atomic E-state index is 0.245. The zero-order chi connectivity index (χ0) is 19.3. The summed E-state index contributed by atoms with van der Waals surface area (Å²) < 4.78 is 16.8. The van der Waals surface area contributed by atoms with Gasteiger partial charge in [0.1, 0.15) is 0 Å². The van der Waals surface area contributed by atoms with Crippen molar-refractivity contribution in [3.05, 3.63) is 89.5 Å². The Morgan fingerprint density at radius 3 is 2.41 bits per heavy atom. The van der Waals surface area contributed by atoms with Crippen molar-refractivity contribution in [2.75, 3.05) is 6.26 Å². The van der Waals surface area contributed by atoms with Crippen LogP contribution in [-0.2, 0) is 9.73 Å². The highest BCUT2D eigenvalue weighted by atomic mass is 32.2. The smallest absolute Gasteiger partial charge is 0.266 e. The molecule has 0 bridgehead atoms. The van der Waals surface area contributed by atoms with Gasteiger partial charge in [-0.3, -0.25) is 14.8 Å². The summed E-state index contributed by atoms with van der Waals surface area (Å²) in [4.78, 5) is 21.0. The van der Waals surface area contributed by atoms with Crippen LogP contribution >= 0.6 is 0 Å². The van der Waals surface area contributed by atoms with E-state index in [4.69, 9.17) is 0 Å². The van der Waals surface area contributed by atoms with Gasteiger partial charge in [0, 0.05) is 47.1 Å². The SMILES string of the molecule is Cc1ccc(S(C)(=O)=NC(=O)c2cncc(C#Cc3cccnc3)c2)cc1. The molecule has 134 valence electrons. The Balaban J connectivity index is 1.88. The molecular formula is C21H17N3O2S. The lowest BCUT2D eigenvalue weighted by atomic mass is 10.2. The molecule has 0 aliphatic rings. The molecule has 0 N–H and O–H groups in total. The van der Waals surface area contributed by atoms with E-state index >= 15 is 0 Å². The van der Waals surface area contributed by atoms with E-state index in [0.29, 0.717) is 10.5 Å². The third-order valence-electron chi connectivity index (χ3n) is 3.71. The first-order chi connectivity index (χ1) is 12.9. The largest absolute Gasteiger partial charge is 0.286 e. The van der Waals surface area contributed by atoms with Crippen LogP contribution in [-0.4, -0.2) is 26.3 Å². The third-order valence-corrected chi connectivity index (χ3v) is 5.37. The fourth-order valence-corrected chi connectivity index (χ4v) is 3.43. The number of benzene rings is 1. The predicted molar refractivity (Wildman–Crippen MR) is 105 cm³/mol. The molecule has 0 aliphatic heterocycles. The van der Waals surface area contributed by atoms with Crippen molar-refractivity contribution in [2.24, 2.45) is 4.36 Å². The number of pyridine rings is 2. The van der Waals surface area contributed by atoms with E-state index in [1.807, 2.05) is 25.1 Å². The Labute approximate surface area is 158 Å². The van der Waals surface area contributed by atoms with Gasteiger partial charge in [-0.25, -0.2) is 4.21 Å². The van der Waals surface area contributed by atoms with Crippen molar-refractivity contribution < 1.29 is 9.00 Å². The molecule has 0 saturated carbocycles. The van der Waals surface area contributed by atoms with Crippen LogP contribution < -0.4 is 0 Å². The van der Waals surface area contributed by atoms with Crippen LogP contribution in [0, 0.1) is 18.8 Å². The summed E-state index contributed by atoms with van der Waals surface area (Å²) in [6, 6.07) is 12.4. The topological polar surface area (TPSA) is 72.3 Å². The summed E-state index contributed by atoms with van der Waals surface area (Å²) in [6.45, 7) is 1.94. The Kier molecular flexibility index (Phi) is 5.43.